The number of para-hydroxylation sites is 2. The minimum absolute atomic E-state index is 0.0146. The van der Waals surface area contributed by atoms with E-state index in [1.165, 1.54) is 17.3 Å². The molecule has 35 heavy (non-hydrogen) atoms. The van der Waals surface area contributed by atoms with Crippen LogP contribution in [0.2, 0.25) is 0 Å². The number of amides is 1. The predicted octanol–water partition coefficient (Wildman–Crippen LogP) is 5.17. The minimum atomic E-state index is -0.165. The summed E-state index contributed by atoms with van der Waals surface area (Å²) in [6, 6.07) is 21.8. The van der Waals surface area contributed by atoms with Crippen LogP contribution < -0.4 is 10.5 Å². The number of H-pyrrole nitrogens is 1. The molecule has 3 aromatic carbocycles. The normalized spacial score (nSPS) is 13.0. The lowest BCUT2D eigenvalue weighted by Gasteiger charge is -2.18. The Balaban J connectivity index is 1.46. The Morgan fingerprint density at radius 1 is 1.03 bits per heavy atom. The van der Waals surface area contributed by atoms with Crippen LogP contribution in [-0.2, 0) is 11.2 Å². The summed E-state index contributed by atoms with van der Waals surface area (Å²) in [5.41, 5.74) is 6.77. The molecule has 0 bridgehead atoms. The Hall–Kier alpha value is -3.84. The third kappa shape index (κ3) is 3.63. The largest absolute Gasteiger partial charge is 0.349 e. The molecule has 3 heterocycles. The number of anilines is 1. The van der Waals surface area contributed by atoms with E-state index in [4.69, 9.17) is 4.98 Å². The molecule has 1 N–H and O–H groups in total. The van der Waals surface area contributed by atoms with Crippen LogP contribution in [0.1, 0.15) is 16.7 Å². The first kappa shape index (κ1) is 21.7. The number of rotatable bonds is 4. The maximum absolute atomic E-state index is 13.8. The Labute approximate surface area is 206 Å². The number of fused-ring (bicyclic) bond motifs is 4. The first-order chi connectivity index (χ1) is 17.0. The molecule has 1 amide bonds. The van der Waals surface area contributed by atoms with Crippen LogP contribution in [0.25, 0.3) is 27.6 Å². The second kappa shape index (κ2) is 8.43. The van der Waals surface area contributed by atoms with Crippen molar-refractivity contribution in [3.05, 3.63) is 93.8 Å². The molecule has 6 nitrogen and oxygen atoms in total. The van der Waals surface area contributed by atoms with Gasteiger partial charge in [0.2, 0.25) is 5.91 Å². The van der Waals surface area contributed by atoms with E-state index in [1.807, 2.05) is 79.4 Å². The number of carbonyl (C=O) groups is 1. The van der Waals surface area contributed by atoms with Crippen molar-refractivity contribution in [1.29, 1.82) is 0 Å². The van der Waals surface area contributed by atoms with Crippen LogP contribution in [-0.4, -0.2) is 32.7 Å². The third-order valence-corrected chi connectivity index (χ3v) is 7.54. The number of hydrogen-bond donors (Lipinski definition) is 1. The Morgan fingerprint density at radius 2 is 1.83 bits per heavy atom. The predicted molar refractivity (Wildman–Crippen MR) is 142 cm³/mol. The molecule has 0 radical (unpaired) electrons. The Morgan fingerprint density at radius 3 is 2.71 bits per heavy atom. The molecule has 7 heteroatoms. The van der Waals surface area contributed by atoms with E-state index in [1.54, 1.807) is 4.57 Å². The van der Waals surface area contributed by atoms with Gasteiger partial charge in [-0.3, -0.25) is 14.2 Å². The number of aryl methyl sites for hydroxylation is 2. The van der Waals surface area contributed by atoms with E-state index >= 15 is 0 Å². The van der Waals surface area contributed by atoms with Crippen molar-refractivity contribution in [2.24, 2.45) is 0 Å². The average molecular weight is 481 g/mol. The highest BCUT2D eigenvalue weighted by Crippen LogP contribution is 2.30. The quantitative estimate of drug-likeness (QED) is 0.285. The number of aromatic amines is 1. The highest BCUT2D eigenvalue weighted by Gasteiger charge is 2.25. The first-order valence-electron chi connectivity index (χ1n) is 11.6. The number of benzene rings is 3. The maximum atomic E-state index is 13.8. The summed E-state index contributed by atoms with van der Waals surface area (Å²) in [5, 5.41) is 1.41. The number of hydrogen-bond acceptors (Lipinski definition) is 4. The molecule has 0 fully saturated rings. The molecule has 0 atom stereocenters. The Kier molecular flexibility index (Phi) is 5.22. The fraction of sp³-hybridized carbons (Fsp3) is 0.179. The molecule has 0 aliphatic carbocycles. The average Bonchev–Trinajstić information content (AvgIpc) is 3.46. The van der Waals surface area contributed by atoms with Crippen LogP contribution in [0.15, 0.2) is 76.7 Å². The van der Waals surface area contributed by atoms with Crippen LogP contribution >= 0.6 is 11.8 Å². The monoisotopic (exact) mass is 480 g/mol. The summed E-state index contributed by atoms with van der Waals surface area (Å²) in [4.78, 5) is 37.1. The van der Waals surface area contributed by atoms with Gasteiger partial charge < -0.3 is 9.88 Å². The molecule has 1 aliphatic heterocycles. The highest BCUT2D eigenvalue weighted by molar-refractivity contribution is 7.99. The van der Waals surface area contributed by atoms with Crippen molar-refractivity contribution in [2.75, 3.05) is 17.2 Å². The zero-order valence-electron chi connectivity index (χ0n) is 19.5. The van der Waals surface area contributed by atoms with Gasteiger partial charge in [-0.05, 0) is 55.2 Å². The third-order valence-electron chi connectivity index (χ3n) is 6.61. The highest BCUT2D eigenvalue weighted by atomic mass is 32.2. The van der Waals surface area contributed by atoms with Gasteiger partial charge in [0.15, 0.2) is 5.16 Å². The van der Waals surface area contributed by atoms with Gasteiger partial charge in [0.25, 0.3) is 5.56 Å². The molecule has 174 valence electrons. The molecule has 1 aliphatic rings. The van der Waals surface area contributed by atoms with Crippen molar-refractivity contribution in [3.63, 3.8) is 0 Å². The molecule has 0 spiro atoms. The first-order valence-corrected chi connectivity index (χ1v) is 12.6. The SMILES string of the molecule is Cc1ccc(C)c(-n2c(SCC(=O)N3CCc4ccccc43)nc3c([nH]c4ccccc43)c2=O)c1. The zero-order chi connectivity index (χ0) is 24.1. The number of nitrogens with one attached hydrogen (secondary N) is 1. The van der Waals surface area contributed by atoms with Gasteiger partial charge in [-0.15, -0.1) is 0 Å². The number of nitrogens with zero attached hydrogens (tertiary/aromatic N) is 3. The van der Waals surface area contributed by atoms with Crippen molar-refractivity contribution < 1.29 is 4.79 Å². The summed E-state index contributed by atoms with van der Waals surface area (Å²) in [7, 11) is 0. The van der Waals surface area contributed by atoms with Gasteiger partial charge in [0.05, 0.1) is 11.4 Å². The number of aromatic nitrogens is 3. The fourth-order valence-electron chi connectivity index (χ4n) is 4.81. The molecule has 0 saturated heterocycles. The van der Waals surface area contributed by atoms with Gasteiger partial charge in [0, 0.05) is 23.1 Å². The van der Waals surface area contributed by atoms with Gasteiger partial charge in [0.1, 0.15) is 11.0 Å². The van der Waals surface area contributed by atoms with E-state index in [2.05, 4.69) is 11.1 Å². The number of carbonyl (C=O) groups excluding carboxylic acids is 1. The minimum Gasteiger partial charge on any atom is -0.349 e. The summed E-state index contributed by atoms with van der Waals surface area (Å²) >= 11 is 1.31. The van der Waals surface area contributed by atoms with Gasteiger partial charge in [-0.2, -0.15) is 0 Å². The second-order valence-electron chi connectivity index (χ2n) is 8.93. The zero-order valence-corrected chi connectivity index (χ0v) is 20.4. The molecule has 0 unspecified atom stereocenters. The summed E-state index contributed by atoms with van der Waals surface area (Å²) in [5.74, 6) is 0.209. The molecular formula is C28H24N4O2S. The van der Waals surface area contributed by atoms with Crippen molar-refractivity contribution in [2.45, 2.75) is 25.4 Å². The Bertz CT molecular complexity index is 1680. The van der Waals surface area contributed by atoms with Crippen molar-refractivity contribution >= 4 is 45.3 Å². The van der Waals surface area contributed by atoms with Crippen LogP contribution in [0.3, 0.4) is 0 Å². The van der Waals surface area contributed by atoms with E-state index in [-0.39, 0.29) is 17.2 Å². The van der Waals surface area contributed by atoms with E-state index in [0.717, 1.165) is 39.8 Å². The van der Waals surface area contributed by atoms with Crippen LogP contribution in [0.4, 0.5) is 5.69 Å². The topological polar surface area (TPSA) is 71.0 Å². The lowest BCUT2D eigenvalue weighted by Crippen LogP contribution is -2.31. The molecular weight excluding hydrogens is 456 g/mol. The lowest BCUT2D eigenvalue weighted by atomic mass is 10.1. The molecule has 6 rings (SSSR count). The van der Waals surface area contributed by atoms with Crippen molar-refractivity contribution in [3.8, 4) is 5.69 Å². The summed E-state index contributed by atoms with van der Waals surface area (Å²) < 4.78 is 1.65. The van der Waals surface area contributed by atoms with Gasteiger partial charge >= 0.3 is 0 Å². The van der Waals surface area contributed by atoms with Crippen LogP contribution in [0, 0.1) is 13.8 Å². The fourth-order valence-corrected chi connectivity index (χ4v) is 5.69. The second-order valence-corrected chi connectivity index (χ2v) is 9.87. The van der Waals surface area contributed by atoms with Crippen LogP contribution in [0.5, 0.6) is 0 Å². The standard InChI is InChI=1S/C28H24N4O2S/c1-17-11-12-18(2)23(15-17)32-27(34)26-25(20-8-4-5-9-21(20)29-26)30-28(32)35-16-24(33)31-14-13-19-7-3-6-10-22(19)31/h3-12,15,29H,13-14,16H2,1-2H3. The van der Waals surface area contributed by atoms with Gasteiger partial charge in [-0.1, -0.05) is 60.3 Å². The van der Waals surface area contributed by atoms with Gasteiger partial charge in [-0.25, -0.2) is 4.98 Å². The molecule has 2 aromatic heterocycles. The van der Waals surface area contributed by atoms with E-state index < -0.39 is 0 Å². The summed E-state index contributed by atoms with van der Waals surface area (Å²) in [6.07, 6.45) is 0.860. The molecule has 0 saturated carbocycles. The summed E-state index contributed by atoms with van der Waals surface area (Å²) in [6.45, 7) is 4.67. The maximum Gasteiger partial charge on any atom is 0.283 e. The lowest BCUT2D eigenvalue weighted by molar-refractivity contribution is -0.116. The smallest absolute Gasteiger partial charge is 0.283 e. The van der Waals surface area contributed by atoms with E-state index in [9.17, 15) is 9.59 Å². The van der Waals surface area contributed by atoms with Crippen molar-refractivity contribution in [1.82, 2.24) is 14.5 Å². The number of thioether (sulfide) groups is 1. The molecule has 5 aromatic rings. The van der Waals surface area contributed by atoms with E-state index in [0.29, 0.717) is 22.7 Å².